The molecule has 0 aliphatic rings. The molecule has 0 aromatic carbocycles. The fourth-order valence-corrected chi connectivity index (χ4v) is 1.12. The van der Waals surface area contributed by atoms with Gasteiger partial charge in [0.15, 0.2) is 0 Å². The van der Waals surface area contributed by atoms with Crippen LogP contribution in [0.25, 0.3) is 0 Å². The number of carbonyl (C=O) groups is 1. The Morgan fingerprint density at radius 2 is 1.92 bits per heavy atom. The molecule has 0 saturated carbocycles. The maximum Gasteiger partial charge on any atom is 0.241 e. The average molecular weight is 172 g/mol. The lowest BCUT2D eigenvalue weighted by Gasteiger charge is -2.27. The highest BCUT2D eigenvalue weighted by Gasteiger charge is 2.25. The fraction of sp³-hybridized carbons (Fsp3) is 0.889. The zero-order valence-corrected chi connectivity index (χ0v) is 8.72. The minimum Gasteiger partial charge on any atom is -0.344 e. The summed E-state index contributed by atoms with van der Waals surface area (Å²) in [5, 5.41) is 0. The molecule has 0 fully saturated rings. The van der Waals surface area contributed by atoms with Crippen LogP contribution in [0.15, 0.2) is 0 Å². The molecule has 0 aromatic rings. The van der Waals surface area contributed by atoms with E-state index in [-0.39, 0.29) is 5.91 Å². The van der Waals surface area contributed by atoms with E-state index in [0.717, 1.165) is 6.54 Å². The summed E-state index contributed by atoms with van der Waals surface area (Å²) in [7, 11) is 1.79. The van der Waals surface area contributed by atoms with Crippen molar-refractivity contribution in [2.24, 2.45) is 11.7 Å². The van der Waals surface area contributed by atoms with Gasteiger partial charge in [-0.2, -0.15) is 0 Å². The van der Waals surface area contributed by atoms with Gasteiger partial charge in [-0.25, -0.2) is 0 Å². The van der Waals surface area contributed by atoms with E-state index in [1.54, 1.807) is 25.8 Å². The van der Waals surface area contributed by atoms with E-state index in [9.17, 15) is 4.79 Å². The highest BCUT2D eigenvalue weighted by atomic mass is 16.2. The summed E-state index contributed by atoms with van der Waals surface area (Å²) in [6, 6.07) is 0. The van der Waals surface area contributed by atoms with E-state index >= 15 is 0 Å². The Labute approximate surface area is 74.9 Å². The molecule has 0 spiro atoms. The van der Waals surface area contributed by atoms with Gasteiger partial charge in [0.25, 0.3) is 0 Å². The monoisotopic (exact) mass is 172 g/mol. The molecular formula is C9H20N2O. The van der Waals surface area contributed by atoms with E-state index in [2.05, 4.69) is 13.8 Å². The van der Waals surface area contributed by atoms with Crippen LogP contribution in [-0.4, -0.2) is 29.9 Å². The van der Waals surface area contributed by atoms with Crippen LogP contribution in [0.5, 0.6) is 0 Å². The van der Waals surface area contributed by atoms with Gasteiger partial charge in [-0.15, -0.1) is 0 Å². The molecule has 0 unspecified atom stereocenters. The summed E-state index contributed by atoms with van der Waals surface area (Å²) in [6.45, 7) is 8.37. The van der Waals surface area contributed by atoms with Crippen molar-refractivity contribution >= 4 is 5.91 Å². The zero-order valence-electron chi connectivity index (χ0n) is 8.72. The van der Waals surface area contributed by atoms with Gasteiger partial charge < -0.3 is 10.6 Å². The van der Waals surface area contributed by atoms with Gasteiger partial charge in [0.1, 0.15) is 0 Å². The largest absolute Gasteiger partial charge is 0.344 e. The maximum atomic E-state index is 11.5. The van der Waals surface area contributed by atoms with Crippen molar-refractivity contribution in [1.82, 2.24) is 4.90 Å². The normalized spacial score (nSPS) is 11.9. The predicted octanol–water partition coefficient (Wildman–Crippen LogP) is 0.838. The van der Waals surface area contributed by atoms with Gasteiger partial charge in [-0.1, -0.05) is 13.8 Å². The molecule has 0 aliphatic heterocycles. The van der Waals surface area contributed by atoms with Crippen molar-refractivity contribution in [3.8, 4) is 0 Å². The Morgan fingerprint density at radius 1 is 1.50 bits per heavy atom. The number of rotatable bonds is 3. The first-order chi connectivity index (χ1) is 5.25. The molecule has 0 atom stereocenters. The standard InChI is InChI=1S/C9H20N2O/c1-7(2)6-11(5)8(12)9(3,4)10/h7H,6,10H2,1-5H3. The first-order valence-corrected chi connectivity index (χ1v) is 4.29. The summed E-state index contributed by atoms with van der Waals surface area (Å²) >= 11 is 0. The van der Waals surface area contributed by atoms with E-state index in [1.807, 2.05) is 0 Å². The molecule has 0 rings (SSSR count). The van der Waals surface area contributed by atoms with Crippen molar-refractivity contribution in [2.45, 2.75) is 33.2 Å². The van der Waals surface area contributed by atoms with Crippen LogP contribution in [0.1, 0.15) is 27.7 Å². The number of amides is 1. The number of hydrogen-bond acceptors (Lipinski definition) is 2. The highest BCUT2D eigenvalue weighted by Crippen LogP contribution is 2.04. The molecule has 0 aromatic heterocycles. The summed E-state index contributed by atoms with van der Waals surface area (Å²) in [4.78, 5) is 13.2. The molecule has 0 radical (unpaired) electrons. The molecule has 2 N–H and O–H groups in total. The quantitative estimate of drug-likeness (QED) is 0.685. The van der Waals surface area contributed by atoms with Gasteiger partial charge in [0.05, 0.1) is 5.54 Å². The van der Waals surface area contributed by atoms with Crippen molar-refractivity contribution < 1.29 is 4.79 Å². The predicted molar refractivity (Wildman–Crippen MR) is 50.7 cm³/mol. The van der Waals surface area contributed by atoms with Gasteiger partial charge >= 0.3 is 0 Å². The van der Waals surface area contributed by atoms with E-state index in [0.29, 0.717) is 5.92 Å². The second-order valence-corrected chi connectivity index (χ2v) is 4.30. The third-order valence-corrected chi connectivity index (χ3v) is 1.54. The van der Waals surface area contributed by atoms with Crippen LogP contribution in [-0.2, 0) is 4.79 Å². The molecule has 0 bridgehead atoms. The molecular weight excluding hydrogens is 152 g/mol. The van der Waals surface area contributed by atoms with Gasteiger partial charge in [0.2, 0.25) is 5.91 Å². The Morgan fingerprint density at radius 3 is 2.17 bits per heavy atom. The van der Waals surface area contributed by atoms with Crippen molar-refractivity contribution in [2.75, 3.05) is 13.6 Å². The lowest BCUT2D eigenvalue weighted by molar-refractivity contribution is -0.134. The third kappa shape index (κ3) is 3.72. The highest BCUT2D eigenvalue weighted by molar-refractivity contribution is 5.84. The van der Waals surface area contributed by atoms with Crippen LogP contribution in [0.4, 0.5) is 0 Å². The molecule has 1 amide bonds. The van der Waals surface area contributed by atoms with Crippen molar-refractivity contribution in [1.29, 1.82) is 0 Å². The van der Waals surface area contributed by atoms with Gasteiger partial charge in [-0.3, -0.25) is 4.79 Å². The second kappa shape index (κ2) is 3.90. The molecule has 0 heterocycles. The average Bonchev–Trinajstić information content (AvgIpc) is 1.82. The molecule has 12 heavy (non-hydrogen) atoms. The minimum atomic E-state index is -0.746. The van der Waals surface area contributed by atoms with Crippen LogP contribution >= 0.6 is 0 Å². The van der Waals surface area contributed by atoms with E-state index in [1.165, 1.54) is 0 Å². The summed E-state index contributed by atoms with van der Waals surface area (Å²) in [6.07, 6.45) is 0. The van der Waals surface area contributed by atoms with Crippen LogP contribution in [0.3, 0.4) is 0 Å². The summed E-state index contributed by atoms with van der Waals surface area (Å²) in [5.74, 6) is 0.484. The Hall–Kier alpha value is -0.570. The van der Waals surface area contributed by atoms with E-state index in [4.69, 9.17) is 5.73 Å². The number of nitrogens with two attached hydrogens (primary N) is 1. The van der Waals surface area contributed by atoms with Crippen LogP contribution < -0.4 is 5.73 Å². The van der Waals surface area contributed by atoms with Gasteiger partial charge in [-0.05, 0) is 19.8 Å². The first kappa shape index (κ1) is 11.4. The topological polar surface area (TPSA) is 46.3 Å². The van der Waals surface area contributed by atoms with Crippen LogP contribution in [0, 0.1) is 5.92 Å². The van der Waals surface area contributed by atoms with Crippen LogP contribution in [0.2, 0.25) is 0 Å². The number of carbonyl (C=O) groups excluding carboxylic acids is 1. The lowest BCUT2D eigenvalue weighted by atomic mass is 10.1. The number of hydrogen-bond donors (Lipinski definition) is 1. The Bertz CT molecular complexity index is 158. The second-order valence-electron chi connectivity index (χ2n) is 4.30. The maximum absolute atomic E-state index is 11.5. The SMILES string of the molecule is CC(C)CN(C)C(=O)C(C)(C)N. The fourth-order valence-electron chi connectivity index (χ4n) is 1.12. The Balaban J connectivity index is 4.12. The lowest BCUT2D eigenvalue weighted by Crippen LogP contribution is -2.50. The third-order valence-electron chi connectivity index (χ3n) is 1.54. The van der Waals surface area contributed by atoms with Crippen molar-refractivity contribution in [3.05, 3.63) is 0 Å². The Kier molecular flexibility index (Phi) is 3.71. The smallest absolute Gasteiger partial charge is 0.241 e. The summed E-state index contributed by atoms with van der Waals surface area (Å²) in [5.41, 5.74) is 4.92. The molecule has 0 saturated heterocycles. The number of nitrogens with zero attached hydrogens (tertiary/aromatic N) is 1. The minimum absolute atomic E-state index is 0.00352. The van der Waals surface area contributed by atoms with Gasteiger partial charge in [0, 0.05) is 13.6 Å². The van der Waals surface area contributed by atoms with E-state index < -0.39 is 5.54 Å². The van der Waals surface area contributed by atoms with Crippen molar-refractivity contribution in [3.63, 3.8) is 0 Å². The molecule has 3 nitrogen and oxygen atoms in total. The molecule has 3 heteroatoms. The molecule has 72 valence electrons. The number of likely N-dealkylation sites (N-methyl/N-ethyl adjacent to an activating group) is 1. The molecule has 0 aliphatic carbocycles. The summed E-state index contributed by atoms with van der Waals surface area (Å²) < 4.78 is 0. The first-order valence-electron chi connectivity index (χ1n) is 4.29. The zero-order chi connectivity index (χ0) is 9.94.